The molecule has 3 heterocycles. The highest BCUT2D eigenvalue weighted by Gasteiger charge is 2.30. The summed E-state index contributed by atoms with van der Waals surface area (Å²) < 4.78 is 39.0. The monoisotopic (exact) mass is 399 g/mol. The lowest BCUT2D eigenvalue weighted by Crippen LogP contribution is -2.43. The number of hydrogen-bond acceptors (Lipinski definition) is 5. The van der Waals surface area contributed by atoms with Crippen LogP contribution in [0.4, 0.5) is 8.78 Å². The van der Waals surface area contributed by atoms with Crippen LogP contribution in [0.5, 0.6) is 0 Å². The van der Waals surface area contributed by atoms with Crippen molar-refractivity contribution in [1.82, 2.24) is 15.0 Å². The van der Waals surface area contributed by atoms with Gasteiger partial charge in [0.1, 0.15) is 29.1 Å². The standard InChI is InChI=1S/C21H19F2N3O3/c1-12-19(13(2)29-25-12)17-8-4-7-16(24-17)18-11-26(9-10-28-18)21(27)20-14(22)5-3-6-15(20)23/h3-8,18H,9-11H2,1-2H3. The maximum absolute atomic E-state index is 14.0. The Bertz CT molecular complexity index is 1030. The average molecular weight is 399 g/mol. The molecular formula is C21H19F2N3O3. The Morgan fingerprint density at radius 2 is 1.86 bits per heavy atom. The number of ether oxygens (including phenoxy) is 1. The van der Waals surface area contributed by atoms with Gasteiger partial charge in [-0.05, 0) is 38.1 Å². The van der Waals surface area contributed by atoms with Gasteiger partial charge >= 0.3 is 0 Å². The zero-order valence-corrected chi connectivity index (χ0v) is 16.0. The Balaban J connectivity index is 1.59. The number of halogens is 2. The Morgan fingerprint density at radius 3 is 2.55 bits per heavy atom. The van der Waals surface area contributed by atoms with E-state index in [0.717, 1.165) is 23.4 Å². The number of rotatable bonds is 3. The van der Waals surface area contributed by atoms with Gasteiger partial charge in [-0.3, -0.25) is 4.79 Å². The predicted molar refractivity (Wildman–Crippen MR) is 100 cm³/mol. The highest BCUT2D eigenvalue weighted by molar-refractivity contribution is 5.94. The van der Waals surface area contributed by atoms with Crippen molar-refractivity contribution >= 4 is 5.91 Å². The second-order valence-corrected chi connectivity index (χ2v) is 6.85. The maximum Gasteiger partial charge on any atom is 0.260 e. The molecule has 0 radical (unpaired) electrons. The van der Waals surface area contributed by atoms with Crippen LogP contribution in [-0.2, 0) is 4.74 Å². The highest BCUT2D eigenvalue weighted by Crippen LogP contribution is 2.28. The number of benzene rings is 1. The molecule has 1 aromatic carbocycles. The molecule has 1 aliphatic rings. The summed E-state index contributed by atoms with van der Waals surface area (Å²) >= 11 is 0. The van der Waals surface area contributed by atoms with E-state index in [2.05, 4.69) is 10.1 Å². The molecule has 0 aliphatic carbocycles. The van der Waals surface area contributed by atoms with Crippen molar-refractivity contribution in [1.29, 1.82) is 0 Å². The quantitative estimate of drug-likeness (QED) is 0.669. The maximum atomic E-state index is 14.0. The first-order valence-corrected chi connectivity index (χ1v) is 9.21. The summed E-state index contributed by atoms with van der Waals surface area (Å²) in [5, 5.41) is 3.95. The van der Waals surface area contributed by atoms with E-state index in [4.69, 9.17) is 9.26 Å². The first-order chi connectivity index (χ1) is 14.0. The minimum Gasteiger partial charge on any atom is -0.368 e. The topological polar surface area (TPSA) is 68.5 Å². The highest BCUT2D eigenvalue weighted by atomic mass is 19.1. The van der Waals surface area contributed by atoms with Crippen molar-refractivity contribution in [2.24, 2.45) is 0 Å². The van der Waals surface area contributed by atoms with E-state index in [0.29, 0.717) is 17.1 Å². The molecule has 29 heavy (non-hydrogen) atoms. The lowest BCUT2D eigenvalue weighted by atomic mass is 10.1. The number of morpholine rings is 1. The first-order valence-electron chi connectivity index (χ1n) is 9.21. The SMILES string of the molecule is Cc1noc(C)c1-c1cccc(C2CN(C(=O)c3c(F)cccc3F)CCO2)n1. The molecule has 1 aliphatic heterocycles. The van der Waals surface area contributed by atoms with Crippen molar-refractivity contribution in [2.75, 3.05) is 19.7 Å². The first kappa shape index (κ1) is 19.2. The van der Waals surface area contributed by atoms with Crippen molar-refractivity contribution in [3.05, 3.63) is 70.7 Å². The Hall–Kier alpha value is -3.13. The van der Waals surface area contributed by atoms with E-state index in [1.54, 1.807) is 6.07 Å². The van der Waals surface area contributed by atoms with Crippen LogP contribution in [0.15, 0.2) is 40.9 Å². The fraction of sp³-hybridized carbons (Fsp3) is 0.286. The molecule has 150 valence electrons. The summed E-state index contributed by atoms with van der Waals surface area (Å²) in [5.41, 5.74) is 2.29. The van der Waals surface area contributed by atoms with Crippen LogP contribution in [-0.4, -0.2) is 40.6 Å². The minimum absolute atomic E-state index is 0.144. The third-order valence-electron chi connectivity index (χ3n) is 4.92. The molecule has 1 atom stereocenters. The lowest BCUT2D eigenvalue weighted by Gasteiger charge is -2.33. The van der Waals surface area contributed by atoms with Gasteiger partial charge in [-0.2, -0.15) is 0 Å². The molecule has 4 rings (SSSR count). The molecule has 1 saturated heterocycles. The molecule has 6 nitrogen and oxygen atoms in total. The molecule has 0 spiro atoms. The van der Waals surface area contributed by atoms with Crippen molar-refractivity contribution in [2.45, 2.75) is 20.0 Å². The predicted octanol–water partition coefficient (Wildman–Crippen LogP) is 3.85. The van der Waals surface area contributed by atoms with Gasteiger partial charge in [-0.25, -0.2) is 13.8 Å². The smallest absolute Gasteiger partial charge is 0.260 e. The van der Waals surface area contributed by atoms with E-state index < -0.39 is 29.2 Å². The van der Waals surface area contributed by atoms with Crippen LogP contribution in [0.1, 0.15) is 33.6 Å². The third-order valence-corrected chi connectivity index (χ3v) is 4.92. The van der Waals surface area contributed by atoms with Crippen LogP contribution in [0.3, 0.4) is 0 Å². The second-order valence-electron chi connectivity index (χ2n) is 6.85. The van der Waals surface area contributed by atoms with Crippen LogP contribution in [0.2, 0.25) is 0 Å². The normalized spacial score (nSPS) is 16.8. The van der Waals surface area contributed by atoms with E-state index in [1.807, 2.05) is 26.0 Å². The van der Waals surface area contributed by atoms with Crippen LogP contribution < -0.4 is 0 Å². The average Bonchev–Trinajstić information content (AvgIpc) is 3.06. The van der Waals surface area contributed by atoms with Gasteiger partial charge in [0.25, 0.3) is 5.91 Å². The molecule has 0 bridgehead atoms. The number of aromatic nitrogens is 2. The molecule has 1 amide bonds. The number of carbonyl (C=O) groups is 1. The van der Waals surface area contributed by atoms with E-state index >= 15 is 0 Å². The number of amides is 1. The summed E-state index contributed by atoms with van der Waals surface area (Å²) in [4.78, 5) is 18.8. The van der Waals surface area contributed by atoms with Gasteiger partial charge in [0.2, 0.25) is 0 Å². The summed E-state index contributed by atoms with van der Waals surface area (Å²) in [6.45, 7) is 4.27. The number of hydrogen-bond donors (Lipinski definition) is 0. The summed E-state index contributed by atoms with van der Waals surface area (Å²) in [5.74, 6) is -1.80. The summed E-state index contributed by atoms with van der Waals surface area (Å²) in [6.07, 6.45) is -0.511. The van der Waals surface area contributed by atoms with Gasteiger partial charge in [0, 0.05) is 6.54 Å². The zero-order valence-electron chi connectivity index (χ0n) is 16.0. The molecular weight excluding hydrogens is 380 g/mol. The number of aryl methyl sites for hydroxylation is 2. The Morgan fingerprint density at radius 1 is 1.14 bits per heavy atom. The van der Waals surface area contributed by atoms with Gasteiger partial charge < -0.3 is 14.2 Å². The molecule has 8 heteroatoms. The molecule has 3 aromatic rings. The second kappa shape index (κ2) is 7.71. The van der Waals surface area contributed by atoms with Gasteiger partial charge in [0.05, 0.1) is 35.8 Å². The van der Waals surface area contributed by atoms with E-state index in [-0.39, 0.29) is 19.7 Å². The Labute approximate surface area is 166 Å². The fourth-order valence-corrected chi connectivity index (χ4v) is 3.49. The van der Waals surface area contributed by atoms with Crippen LogP contribution in [0, 0.1) is 25.5 Å². The van der Waals surface area contributed by atoms with Crippen LogP contribution in [0.25, 0.3) is 11.3 Å². The van der Waals surface area contributed by atoms with E-state index in [9.17, 15) is 13.6 Å². The Kier molecular flexibility index (Phi) is 5.10. The summed E-state index contributed by atoms with van der Waals surface area (Å²) in [7, 11) is 0. The zero-order chi connectivity index (χ0) is 20.5. The largest absolute Gasteiger partial charge is 0.368 e. The number of carbonyl (C=O) groups excluding carboxylic acids is 1. The third kappa shape index (κ3) is 3.63. The fourth-order valence-electron chi connectivity index (χ4n) is 3.49. The minimum atomic E-state index is -0.878. The van der Waals surface area contributed by atoms with Gasteiger partial charge in [0.15, 0.2) is 0 Å². The molecule has 0 saturated carbocycles. The lowest BCUT2D eigenvalue weighted by molar-refractivity contribution is -0.0249. The van der Waals surface area contributed by atoms with Crippen molar-refractivity contribution in [3.8, 4) is 11.3 Å². The number of pyridine rings is 1. The van der Waals surface area contributed by atoms with Gasteiger partial charge in [-0.15, -0.1) is 0 Å². The van der Waals surface area contributed by atoms with Crippen LogP contribution >= 0.6 is 0 Å². The van der Waals surface area contributed by atoms with E-state index in [1.165, 1.54) is 11.0 Å². The van der Waals surface area contributed by atoms with Crippen molar-refractivity contribution in [3.63, 3.8) is 0 Å². The number of nitrogens with zero attached hydrogens (tertiary/aromatic N) is 3. The van der Waals surface area contributed by atoms with Gasteiger partial charge in [-0.1, -0.05) is 17.3 Å². The molecule has 0 N–H and O–H groups in total. The summed E-state index contributed by atoms with van der Waals surface area (Å²) in [6, 6.07) is 8.85. The molecule has 1 fully saturated rings. The molecule has 2 aromatic heterocycles. The molecule has 1 unspecified atom stereocenters. The van der Waals surface area contributed by atoms with Crippen molar-refractivity contribution < 1.29 is 22.8 Å².